The Balaban J connectivity index is 2.19. The van der Waals surface area contributed by atoms with Crippen LogP contribution in [0.3, 0.4) is 0 Å². The lowest BCUT2D eigenvalue weighted by Crippen LogP contribution is -2.22. The molecule has 0 spiro atoms. The van der Waals surface area contributed by atoms with Crippen molar-refractivity contribution in [3.8, 4) is 0 Å². The normalized spacial score (nSPS) is 11.8. The van der Waals surface area contributed by atoms with Gasteiger partial charge in [0.1, 0.15) is 5.82 Å². The van der Waals surface area contributed by atoms with Gasteiger partial charge in [0.2, 0.25) is 0 Å². The number of rotatable bonds is 6. The molecule has 7 nitrogen and oxygen atoms in total. The number of hydrogen-bond donors (Lipinski definition) is 2. The summed E-state index contributed by atoms with van der Waals surface area (Å²) in [5.41, 5.74) is 3.42. The second kappa shape index (κ2) is 6.15. The van der Waals surface area contributed by atoms with Crippen LogP contribution >= 0.6 is 0 Å². The van der Waals surface area contributed by atoms with E-state index in [4.69, 9.17) is 5.84 Å². The van der Waals surface area contributed by atoms with Crippen LogP contribution in [-0.2, 0) is 13.6 Å². The van der Waals surface area contributed by atoms with Crippen LogP contribution in [0, 0.1) is 5.92 Å². The molecule has 0 radical (unpaired) electrons. The summed E-state index contributed by atoms with van der Waals surface area (Å²) in [7, 11) is 3.94. The van der Waals surface area contributed by atoms with E-state index in [0.717, 1.165) is 29.8 Å². The maximum absolute atomic E-state index is 5.53. The Morgan fingerprint density at radius 1 is 1.40 bits per heavy atom. The van der Waals surface area contributed by atoms with Crippen LogP contribution in [-0.4, -0.2) is 38.2 Å². The van der Waals surface area contributed by atoms with Crippen molar-refractivity contribution in [1.29, 1.82) is 0 Å². The van der Waals surface area contributed by atoms with Crippen LogP contribution < -0.4 is 11.3 Å². The molecule has 7 heteroatoms. The van der Waals surface area contributed by atoms with Gasteiger partial charge in [0.05, 0.1) is 18.1 Å². The van der Waals surface area contributed by atoms with Gasteiger partial charge in [-0.3, -0.25) is 9.58 Å². The Morgan fingerprint density at radius 3 is 2.80 bits per heavy atom. The predicted molar refractivity (Wildman–Crippen MR) is 79.9 cm³/mol. The Labute approximate surface area is 119 Å². The first-order chi connectivity index (χ1) is 9.51. The van der Waals surface area contributed by atoms with Crippen molar-refractivity contribution in [2.45, 2.75) is 26.8 Å². The highest BCUT2D eigenvalue weighted by atomic mass is 15.3. The lowest BCUT2D eigenvalue weighted by molar-refractivity contribution is 0.297. The van der Waals surface area contributed by atoms with Crippen LogP contribution in [0.25, 0.3) is 11.0 Å². The summed E-state index contributed by atoms with van der Waals surface area (Å²) in [5, 5.41) is 5.03. The molecule has 3 N–H and O–H groups in total. The zero-order valence-corrected chi connectivity index (χ0v) is 12.6. The summed E-state index contributed by atoms with van der Waals surface area (Å²) in [5.74, 6) is 7.60. The number of fused-ring (bicyclic) bond motifs is 1. The van der Waals surface area contributed by atoms with Crippen LogP contribution in [0.1, 0.15) is 26.1 Å². The molecule has 110 valence electrons. The molecule has 20 heavy (non-hydrogen) atoms. The second-order valence-corrected chi connectivity index (χ2v) is 5.56. The number of nitrogens with zero attached hydrogens (tertiary/aromatic N) is 5. The van der Waals surface area contributed by atoms with E-state index in [-0.39, 0.29) is 0 Å². The van der Waals surface area contributed by atoms with Crippen molar-refractivity contribution >= 4 is 16.9 Å². The molecule has 0 saturated carbocycles. The van der Waals surface area contributed by atoms with Crippen LogP contribution in [0.4, 0.5) is 5.82 Å². The van der Waals surface area contributed by atoms with E-state index in [2.05, 4.69) is 46.3 Å². The average molecular weight is 277 g/mol. The van der Waals surface area contributed by atoms with Crippen molar-refractivity contribution in [3.05, 3.63) is 12.0 Å². The lowest BCUT2D eigenvalue weighted by atomic mass is 10.1. The van der Waals surface area contributed by atoms with Crippen LogP contribution in [0.5, 0.6) is 0 Å². The molecule has 2 aromatic rings. The number of anilines is 1. The van der Waals surface area contributed by atoms with Gasteiger partial charge in [-0.1, -0.05) is 13.8 Å². The Hall–Kier alpha value is -1.73. The molecule has 0 saturated heterocycles. The summed E-state index contributed by atoms with van der Waals surface area (Å²) >= 11 is 0. The summed E-state index contributed by atoms with van der Waals surface area (Å²) < 4.78 is 1.73. The number of aryl methyl sites for hydroxylation is 1. The highest BCUT2D eigenvalue weighted by Gasteiger charge is 2.12. The molecule has 0 aliphatic rings. The van der Waals surface area contributed by atoms with Gasteiger partial charge in [0, 0.05) is 7.05 Å². The fraction of sp³-hybridized carbons (Fsp3) is 0.615. The Kier molecular flexibility index (Phi) is 4.51. The molecule has 0 unspecified atom stereocenters. The van der Waals surface area contributed by atoms with Gasteiger partial charge < -0.3 is 5.43 Å². The molecular weight excluding hydrogens is 254 g/mol. The third-order valence-corrected chi connectivity index (χ3v) is 3.27. The van der Waals surface area contributed by atoms with Crippen molar-refractivity contribution in [1.82, 2.24) is 24.6 Å². The molecule has 0 atom stereocenters. The van der Waals surface area contributed by atoms with E-state index >= 15 is 0 Å². The molecule has 0 aliphatic carbocycles. The molecule has 0 aliphatic heterocycles. The molecule has 2 heterocycles. The Morgan fingerprint density at radius 2 is 2.15 bits per heavy atom. The molecule has 2 rings (SSSR count). The van der Waals surface area contributed by atoms with E-state index in [1.807, 2.05) is 7.05 Å². The van der Waals surface area contributed by atoms with Gasteiger partial charge >= 0.3 is 0 Å². The highest BCUT2D eigenvalue weighted by molar-refractivity contribution is 5.86. The highest BCUT2D eigenvalue weighted by Crippen LogP contribution is 2.19. The van der Waals surface area contributed by atoms with Crippen molar-refractivity contribution in [2.24, 2.45) is 18.8 Å². The van der Waals surface area contributed by atoms with Gasteiger partial charge in [0.25, 0.3) is 0 Å². The molecular formula is C13H23N7. The van der Waals surface area contributed by atoms with E-state index in [1.165, 1.54) is 0 Å². The predicted octanol–water partition coefficient (Wildman–Crippen LogP) is 1.13. The Bertz CT molecular complexity index is 575. The number of aromatic nitrogens is 4. The lowest BCUT2D eigenvalue weighted by Gasteiger charge is -2.17. The molecule has 0 bridgehead atoms. The van der Waals surface area contributed by atoms with Gasteiger partial charge in [0.15, 0.2) is 11.5 Å². The van der Waals surface area contributed by atoms with Crippen molar-refractivity contribution in [2.75, 3.05) is 19.0 Å². The molecule has 2 aromatic heterocycles. The quantitative estimate of drug-likeness (QED) is 0.608. The third kappa shape index (κ3) is 3.23. The summed E-state index contributed by atoms with van der Waals surface area (Å²) in [4.78, 5) is 11.2. The van der Waals surface area contributed by atoms with Gasteiger partial charge in [-0.25, -0.2) is 15.8 Å². The number of nitrogens with one attached hydrogen (secondary N) is 1. The topological polar surface area (TPSA) is 84.9 Å². The van der Waals surface area contributed by atoms with Crippen LogP contribution in [0.2, 0.25) is 0 Å². The monoisotopic (exact) mass is 277 g/mol. The summed E-state index contributed by atoms with van der Waals surface area (Å²) in [6.07, 6.45) is 2.88. The third-order valence-electron chi connectivity index (χ3n) is 3.27. The van der Waals surface area contributed by atoms with Crippen molar-refractivity contribution in [3.63, 3.8) is 0 Å². The first kappa shape index (κ1) is 14.7. The number of nitrogens with two attached hydrogens (primary N) is 1. The van der Waals surface area contributed by atoms with E-state index in [0.29, 0.717) is 18.3 Å². The number of hydrazine groups is 1. The van der Waals surface area contributed by atoms with E-state index in [9.17, 15) is 0 Å². The first-order valence-corrected chi connectivity index (χ1v) is 6.85. The fourth-order valence-electron chi connectivity index (χ4n) is 2.05. The maximum atomic E-state index is 5.53. The molecule has 0 amide bonds. The number of hydrogen-bond acceptors (Lipinski definition) is 6. The standard InChI is InChI=1S/C13H23N7/c1-9(2)5-6-19(3)8-11-16-12(18-14)10-7-15-20(4)13(10)17-11/h7,9H,5-6,8,14H2,1-4H3,(H,16,17,18). The average Bonchev–Trinajstić information content (AvgIpc) is 2.77. The minimum Gasteiger partial charge on any atom is -0.308 e. The fourth-order valence-corrected chi connectivity index (χ4v) is 2.05. The number of nitrogen functional groups attached to an aromatic ring is 1. The second-order valence-electron chi connectivity index (χ2n) is 5.56. The molecule has 0 fully saturated rings. The van der Waals surface area contributed by atoms with Crippen LogP contribution in [0.15, 0.2) is 6.20 Å². The summed E-state index contributed by atoms with van der Waals surface area (Å²) in [6, 6.07) is 0. The smallest absolute Gasteiger partial charge is 0.163 e. The van der Waals surface area contributed by atoms with Crippen molar-refractivity contribution < 1.29 is 0 Å². The van der Waals surface area contributed by atoms with Gasteiger partial charge in [-0.15, -0.1) is 0 Å². The summed E-state index contributed by atoms with van der Waals surface area (Å²) in [6.45, 7) is 6.17. The minimum atomic E-state index is 0.621. The molecule has 0 aromatic carbocycles. The van der Waals surface area contributed by atoms with E-state index < -0.39 is 0 Å². The SMILES string of the molecule is CC(C)CCN(C)Cc1nc(NN)c2cnn(C)c2n1. The zero-order chi connectivity index (χ0) is 14.7. The van der Waals surface area contributed by atoms with Gasteiger partial charge in [-0.2, -0.15) is 5.10 Å². The maximum Gasteiger partial charge on any atom is 0.163 e. The minimum absolute atomic E-state index is 0.621. The van der Waals surface area contributed by atoms with E-state index in [1.54, 1.807) is 10.9 Å². The zero-order valence-electron chi connectivity index (χ0n) is 12.6. The largest absolute Gasteiger partial charge is 0.308 e. The first-order valence-electron chi connectivity index (χ1n) is 6.85. The van der Waals surface area contributed by atoms with Gasteiger partial charge in [-0.05, 0) is 25.9 Å².